The first-order valence-corrected chi connectivity index (χ1v) is 10.5. The number of para-hydroxylation sites is 1. The Morgan fingerprint density at radius 2 is 1.52 bits per heavy atom. The fraction of sp³-hybridized carbons (Fsp3) is 0.185. The SMILES string of the molecule is CC[C@]1(c2ccccc2)C(=O)OC(c2ccc(C)cc2)=C2C(=O)Oc3ccccc3[C@H]21. The fourth-order valence-corrected chi connectivity index (χ4v) is 4.82. The average molecular weight is 410 g/mol. The molecule has 2 atom stereocenters. The Morgan fingerprint density at radius 3 is 2.23 bits per heavy atom. The zero-order valence-corrected chi connectivity index (χ0v) is 17.4. The van der Waals surface area contributed by atoms with E-state index < -0.39 is 17.3 Å². The van der Waals surface area contributed by atoms with E-state index in [0.717, 1.165) is 16.7 Å². The molecule has 154 valence electrons. The van der Waals surface area contributed by atoms with Crippen LogP contribution in [0.5, 0.6) is 5.75 Å². The van der Waals surface area contributed by atoms with E-state index in [2.05, 4.69) is 0 Å². The van der Waals surface area contributed by atoms with Gasteiger partial charge in [-0.05, 0) is 25.0 Å². The predicted molar refractivity (Wildman–Crippen MR) is 117 cm³/mol. The van der Waals surface area contributed by atoms with Crippen molar-refractivity contribution in [2.75, 3.05) is 0 Å². The third kappa shape index (κ3) is 2.82. The van der Waals surface area contributed by atoms with Gasteiger partial charge in [0.1, 0.15) is 16.9 Å². The number of ether oxygens (including phenoxy) is 2. The van der Waals surface area contributed by atoms with Gasteiger partial charge in [-0.3, -0.25) is 4.79 Å². The molecule has 4 heteroatoms. The molecule has 0 N–H and O–H groups in total. The molecule has 0 aromatic heterocycles. The summed E-state index contributed by atoms with van der Waals surface area (Å²) in [4.78, 5) is 27.1. The molecule has 5 rings (SSSR count). The predicted octanol–water partition coefficient (Wildman–Crippen LogP) is 5.31. The van der Waals surface area contributed by atoms with E-state index in [-0.39, 0.29) is 11.7 Å². The smallest absolute Gasteiger partial charge is 0.343 e. The highest BCUT2D eigenvalue weighted by Crippen LogP contribution is 2.56. The van der Waals surface area contributed by atoms with Crippen molar-refractivity contribution in [3.63, 3.8) is 0 Å². The highest BCUT2D eigenvalue weighted by Gasteiger charge is 2.57. The van der Waals surface area contributed by atoms with Crippen molar-refractivity contribution in [2.24, 2.45) is 0 Å². The molecule has 0 spiro atoms. The molecule has 2 aliphatic rings. The van der Waals surface area contributed by atoms with Crippen LogP contribution in [0.2, 0.25) is 0 Å². The van der Waals surface area contributed by atoms with E-state index in [9.17, 15) is 9.59 Å². The van der Waals surface area contributed by atoms with Crippen LogP contribution in [-0.2, 0) is 19.7 Å². The Morgan fingerprint density at radius 1 is 0.839 bits per heavy atom. The first kappa shape index (κ1) is 19.3. The maximum Gasteiger partial charge on any atom is 0.343 e. The molecular weight excluding hydrogens is 388 g/mol. The Labute approximate surface area is 181 Å². The second kappa shape index (κ2) is 7.24. The van der Waals surface area contributed by atoms with Crippen molar-refractivity contribution in [1.29, 1.82) is 0 Å². The van der Waals surface area contributed by atoms with E-state index in [0.29, 0.717) is 23.3 Å². The molecule has 0 saturated carbocycles. The van der Waals surface area contributed by atoms with E-state index in [1.807, 2.05) is 86.6 Å². The lowest BCUT2D eigenvalue weighted by Gasteiger charge is -2.45. The van der Waals surface area contributed by atoms with E-state index in [1.54, 1.807) is 6.07 Å². The molecule has 4 nitrogen and oxygen atoms in total. The zero-order valence-electron chi connectivity index (χ0n) is 17.4. The van der Waals surface area contributed by atoms with Gasteiger partial charge in [0.2, 0.25) is 0 Å². The molecule has 0 saturated heterocycles. The minimum Gasteiger partial charge on any atom is -0.425 e. The van der Waals surface area contributed by atoms with Gasteiger partial charge in [0, 0.05) is 17.0 Å². The summed E-state index contributed by atoms with van der Waals surface area (Å²) in [5.41, 5.74) is 2.79. The Bertz CT molecular complexity index is 1210. The number of esters is 2. The van der Waals surface area contributed by atoms with Crippen molar-refractivity contribution >= 4 is 17.7 Å². The standard InChI is InChI=1S/C27H22O4/c1-3-27(19-9-5-4-6-10-19)23-20-11-7-8-12-21(20)30-25(28)22(23)24(31-26(27)29)18-15-13-17(2)14-16-18/h4-16,23H,3H2,1-2H3/t23-,27-/m1/s1. The van der Waals surface area contributed by atoms with Crippen LogP contribution in [0.4, 0.5) is 0 Å². The molecular formula is C27H22O4. The lowest BCUT2D eigenvalue weighted by molar-refractivity contribution is -0.147. The van der Waals surface area contributed by atoms with Crippen LogP contribution in [0, 0.1) is 6.92 Å². The average Bonchev–Trinajstić information content (AvgIpc) is 2.80. The molecule has 0 unspecified atom stereocenters. The van der Waals surface area contributed by atoms with Gasteiger partial charge in [0.25, 0.3) is 0 Å². The van der Waals surface area contributed by atoms with Crippen LogP contribution >= 0.6 is 0 Å². The number of rotatable bonds is 3. The highest BCUT2D eigenvalue weighted by molar-refractivity contribution is 6.07. The van der Waals surface area contributed by atoms with Gasteiger partial charge in [-0.15, -0.1) is 0 Å². The van der Waals surface area contributed by atoms with Gasteiger partial charge in [-0.2, -0.15) is 0 Å². The van der Waals surface area contributed by atoms with Crippen molar-refractivity contribution < 1.29 is 19.1 Å². The van der Waals surface area contributed by atoms with E-state index >= 15 is 0 Å². The van der Waals surface area contributed by atoms with Crippen LogP contribution in [0.1, 0.15) is 41.5 Å². The lowest BCUT2D eigenvalue weighted by atomic mass is 9.61. The number of benzene rings is 3. The molecule has 2 aliphatic heterocycles. The highest BCUT2D eigenvalue weighted by atomic mass is 16.6. The second-order valence-electron chi connectivity index (χ2n) is 8.05. The van der Waals surface area contributed by atoms with Gasteiger partial charge in [-0.1, -0.05) is 85.3 Å². The Hall–Kier alpha value is -3.66. The summed E-state index contributed by atoms with van der Waals surface area (Å²) in [6, 6.07) is 24.7. The van der Waals surface area contributed by atoms with Crippen molar-refractivity contribution in [2.45, 2.75) is 31.6 Å². The summed E-state index contributed by atoms with van der Waals surface area (Å²) < 4.78 is 11.7. The van der Waals surface area contributed by atoms with Gasteiger partial charge in [0.05, 0.1) is 5.57 Å². The van der Waals surface area contributed by atoms with Crippen molar-refractivity contribution in [3.8, 4) is 5.75 Å². The summed E-state index contributed by atoms with van der Waals surface area (Å²) in [6.45, 7) is 3.95. The van der Waals surface area contributed by atoms with Crippen LogP contribution in [-0.4, -0.2) is 11.9 Å². The number of carbonyl (C=O) groups excluding carboxylic acids is 2. The molecule has 3 aromatic carbocycles. The van der Waals surface area contributed by atoms with Crippen molar-refractivity contribution in [3.05, 3.63) is 107 Å². The number of aryl methyl sites for hydroxylation is 1. The summed E-state index contributed by atoms with van der Waals surface area (Å²) in [5, 5.41) is 0. The van der Waals surface area contributed by atoms with E-state index in [1.165, 1.54) is 0 Å². The Kier molecular flexibility index (Phi) is 4.51. The third-order valence-corrected chi connectivity index (χ3v) is 6.40. The second-order valence-corrected chi connectivity index (χ2v) is 8.05. The van der Waals surface area contributed by atoms with Gasteiger partial charge >= 0.3 is 11.9 Å². The van der Waals surface area contributed by atoms with Crippen LogP contribution in [0.25, 0.3) is 5.76 Å². The van der Waals surface area contributed by atoms with Crippen LogP contribution in [0.3, 0.4) is 0 Å². The maximum absolute atomic E-state index is 13.8. The summed E-state index contributed by atoms with van der Waals surface area (Å²) in [5.74, 6) is -0.548. The first-order chi connectivity index (χ1) is 15.1. The largest absolute Gasteiger partial charge is 0.425 e. The number of fused-ring (bicyclic) bond motifs is 3. The molecule has 0 radical (unpaired) electrons. The topological polar surface area (TPSA) is 52.6 Å². The minimum absolute atomic E-state index is 0.287. The zero-order chi connectivity index (χ0) is 21.6. The van der Waals surface area contributed by atoms with Gasteiger partial charge in [0.15, 0.2) is 0 Å². The number of hydrogen-bond acceptors (Lipinski definition) is 4. The molecule has 2 heterocycles. The first-order valence-electron chi connectivity index (χ1n) is 10.5. The van der Waals surface area contributed by atoms with Crippen LogP contribution < -0.4 is 4.74 Å². The summed E-state index contributed by atoms with van der Waals surface area (Å²) in [7, 11) is 0. The van der Waals surface area contributed by atoms with Crippen LogP contribution in [0.15, 0.2) is 84.4 Å². The molecule has 0 amide bonds. The quantitative estimate of drug-likeness (QED) is 0.434. The number of carbonyl (C=O) groups is 2. The molecule has 0 fully saturated rings. The molecule has 31 heavy (non-hydrogen) atoms. The van der Waals surface area contributed by atoms with Gasteiger partial charge < -0.3 is 9.47 Å². The molecule has 0 aliphatic carbocycles. The fourth-order valence-electron chi connectivity index (χ4n) is 4.82. The lowest BCUT2D eigenvalue weighted by Crippen LogP contribution is -2.49. The normalized spacial score (nSPS) is 22.3. The van der Waals surface area contributed by atoms with E-state index in [4.69, 9.17) is 9.47 Å². The molecule has 3 aromatic rings. The molecule has 0 bridgehead atoms. The van der Waals surface area contributed by atoms with Gasteiger partial charge in [-0.25, -0.2) is 4.79 Å². The summed E-state index contributed by atoms with van der Waals surface area (Å²) in [6.07, 6.45) is 0.479. The Balaban J connectivity index is 1.85. The minimum atomic E-state index is -1.03. The summed E-state index contributed by atoms with van der Waals surface area (Å²) >= 11 is 0. The monoisotopic (exact) mass is 410 g/mol. The van der Waals surface area contributed by atoms with Crippen molar-refractivity contribution in [1.82, 2.24) is 0 Å². The third-order valence-electron chi connectivity index (χ3n) is 6.40. The number of hydrogen-bond donors (Lipinski definition) is 0. The number of cyclic esters (lactones) is 1. The maximum atomic E-state index is 13.8.